The number of carbonyl (C=O) groups excluding carboxylic acids is 1. The Bertz CT molecular complexity index is 1020. The molecule has 3 aliphatic heterocycles. The summed E-state index contributed by atoms with van der Waals surface area (Å²) < 4.78 is 5.96. The molecule has 6 nitrogen and oxygen atoms in total. The number of carbonyl (C=O) groups is 1. The number of allylic oxidation sites excluding steroid dienone is 2. The van der Waals surface area contributed by atoms with Gasteiger partial charge in [0.05, 0.1) is 0 Å². The van der Waals surface area contributed by atoms with E-state index in [0.717, 1.165) is 63.4 Å². The summed E-state index contributed by atoms with van der Waals surface area (Å²) in [4.78, 5) is 16.7. The highest BCUT2D eigenvalue weighted by atomic mass is 16.5. The van der Waals surface area contributed by atoms with Crippen LogP contribution in [0.5, 0.6) is 0 Å². The molecule has 0 aromatic heterocycles. The molecule has 1 fully saturated rings. The maximum absolute atomic E-state index is 11.6. The third kappa shape index (κ3) is 4.81. The van der Waals surface area contributed by atoms with Gasteiger partial charge < -0.3 is 20.3 Å². The number of hydrogen-bond donors (Lipinski definition) is 2. The monoisotopic (exact) mass is 432 g/mol. The molecule has 1 saturated heterocycles. The fourth-order valence-electron chi connectivity index (χ4n) is 4.79. The highest BCUT2D eigenvalue weighted by molar-refractivity contribution is 5.94. The zero-order valence-corrected chi connectivity index (χ0v) is 18.6. The number of ether oxygens (including phenoxy) is 1. The van der Waals surface area contributed by atoms with Crippen molar-refractivity contribution in [2.75, 3.05) is 44.2 Å². The van der Waals surface area contributed by atoms with Crippen LogP contribution in [-0.4, -0.2) is 56.4 Å². The maximum atomic E-state index is 11.6. The van der Waals surface area contributed by atoms with E-state index in [4.69, 9.17) is 4.74 Å². The minimum atomic E-state index is -0.156. The Morgan fingerprint density at radius 1 is 0.969 bits per heavy atom. The van der Waals surface area contributed by atoms with Gasteiger partial charge in [0.2, 0.25) is 5.91 Å². The second-order valence-corrected chi connectivity index (χ2v) is 8.78. The summed E-state index contributed by atoms with van der Waals surface area (Å²) in [6, 6.07) is 15.3. The van der Waals surface area contributed by atoms with Crippen molar-refractivity contribution in [3.63, 3.8) is 0 Å². The Kier molecular flexibility index (Phi) is 6.41. The zero-order valence-electron chi connectivity index (χ0n) is 18.6. The van der Waals surface area contributed by atoms with Crippen LogP contribution in [0.1, 0.15) is 25.7 Å². The molecule has 1 amide bonds. The first kappa shape index (κ1) is 21.0. The Hall–Kier alpha value is -2.83. The van der Waals surface area contributed by atoms with Gasteiger partial charge in [0.15, 0.2) is 0 Å². The van der Waals surface area contributed by atoms with Gasteiger partial charge in [-0.05, 0) is 48.9 Å². The zero-order chi connectivity index (χ0) is 21.8. The van der Waals surface area contributed by atoms with Crippen molar-refractivity contribution in [2.24, 2.45) is 0 Å². The van der Waals surface area contributed by atoms with Crippen LogP contribution < -0.4 is 15.5 Å². The van der Waals surface area contributed by atoms with Crippen molar-refractivity contribution in [1.82, 2.24) is 15.5 Å². The predicted octanol–water partition coefficient (Wildman–Crippen LogP) is 3.37. The van der Waals surface area contributed by atoms with Crippen LogP contribution in [0.25, 0.3) is 10.8 Å². The predicted molar refractivity (Wildman–Crippen MR) is 128 cm³/mol. The molecule has 0 aliphatic carbocycles. The third-order valence-corrected chi connectivity index (χ3v) is 6.61. The number of dihydropyridines is 1. The largest absolute Gasteiger partial charge is 0.368 e. The van der Waals surface area contributed by atoms with E-state index >= 15 is 0 Å². The van der Waals surface area contributed by atoms with Crippen LogP contribution in [0.2, 0.25) is 0 Å². The molecule has 5 rings (SSSR count). The van der Waals surface area contributed by atoms with Crippen LogP contribution >= 0.6 is 0 Å². The van der Waals surface area contributed by atoms with E-state index in [0.29, 0.717) is 13.0 Å². The highest BCUT2D eigenvalue weighted by Crippen LogP contribution is 2.27. The summed E-state index contributed by atoms with van der Waals surface area (Å²) in [6.07, 6.45) is 7.49. The first-order valence-corrected chi connectivity index (χ1v) is 11.8. The molecule has 0 bridgehead atoms. The molecule has 1 atom stereocenters. The summed E-state index contributed by atoms with van der Waals surface area (Å²) in [7, 11) is 0. The Morgan fingerprint density at radius 2 is 1.81 bits per heavy atom. The second-order valence-electron chi connectivity index (χ2n) is 8.78. The van der Waals surface area contributed by atoms with E-state index in [-0.39, 0.29) is 12.1 Å². The molecule has 168 valence electrons. The summed E-state index contributed by atoms with van der Waals surface area (Å²) in [5.41, 5.74) is 2.52. The van der Waals surface area contributed by atoms with Crippen molar-refractivity contribution in [3.8, 4) is 0 Å². The Balaban J connectivity index is 1.01. The summed E-state index contributed by atoms with van der Waals surface area (Å²) in [6.45, 7) is 6.19. The molecule has 0 spiro atoms. The van der Waals surface area contributed by atoms with E-state index in [9.17, 15) is 4.79 Å². The Morgan fingerprint density at radius 3 is 2.72 bits per heavy atom. The minimum Gasteiger partial charge on any atom is -0.368 e. The van der Waals surface area contributed by atoms with Crippen molar-refractivity contribution >= 4 is 22.4 Å². The number of unbranched alkanes of at least 4 members (excludes halogenated alkanes) is 1. The lowest BCUT2D eigenvalue weighted by atomic mass is 10.0. The molecule has 3 aliphatic rings. The molecular weight excluding hydrogens is 400 g/mol. The fraction of sp³-hybridized carbons (Fsp3) is 0.423. The fourth-order valence-corrected chi connectivity index (χ4v) is 4.79. The summed E-state index contributed by atoms with van der Waals surface area (Å²) in [5, 5.41) is 8.85. The van der Waals surface area contributed by atoms with E-state index < -0.39 is 0 Å². The number of nitrogens with zero attached hydrogens (tertiary/aromatic N) is 2. The molecule has 0 unspecified atom stereocenters. The number of rotatable bonds is 7. The van der Waals surface area contributed by atoms with Crippen molar-refractivity contribution < 1.29 is 9.53 Å². The number of nitrogens with one attached hydrogen (secondary N) is 2. The topological polar surface area (TPSA) is 56.8 Å². The average molecular weight is 433 g/mol. The second kappa shape index (κ2) is 9.76. The Labute approximate surface area is 189 Å². The van der Waals surface area contributed by atoms with Gasteiger partial charge in [-0.1, -0.05) is 42.5 Å². The standard InChI is InChI=1S/C26H32N4O2/c31-24-12-10-21-11-13-25(28-26(21)27-24)32-19-4-3-14-29-15-17-30(18-16-29)23-9-5-7-20-6-1-2-8-22(20)23/h1-2,5-9,11,13,25,28H,3-4,10,12,14-19H2,(H,27,31)/t25-/m0/s1. The molecule has 0 saturated carbocycles. The molecule has 32 heavy (non-hydrogen) atoms. The number of anilines is 1. The first-order chi connectivity index (χ1) is 15.8. The van der Waals surface area contributed by atoms with E-state index in [1.807, 2.05) is 6.08 Å². The highest BCUT2D eigenvalue weighted by Gasteiger charge is 2.22. The van der Waals surface area contributed by atoms with Gasteiger partial charge in [-0.25, -0.2) is 0 Å². The maximum Gasteiger partial charge on any atom is 0.225 e. The molecule has 2 aromatic rings. The van der Waals surface area contributed by atoms with Crippen molar-refractivity contribution in [1.29, 1.82) is 0 Å². The number of amides is 1. The van der Waals surface area contributed by atoms with Crippen molar-refractivity contribution in [3.05, 3.63) is 66.0 Å². The van der Waals surface area contributed by atoms with E-state index in [1.54, 1.807) is 0 Å². The summed E-state index contributed by atoms with van der Waals surface area (Å²) in [5.74, 6) is 0.892. The van der Waals surface area contributed by atoms with E-state index in [1.165, 1.54) is 16.5 Å². The first-order valence-electron chi connectivity index (χ1n) is 11.8. The molecule has 3 heterocycles. The molecule has 2 N–H and O–H groups in total. The number of fused-ring (bicyclic) bond motifs is 1. The molecular formula is C26H32N4O2. The average Bonchev–Trinajstić information content (AvgIpc) is 2.83. The lowest BCUT2D eigenvalue weighted by Gasteiger charge is -2.36. The van der Waals surface area contributed by atoms with Crippen molar-refractivity contribution in [2.45, 2.75) is 31.9 Å². The van der Waals surface area contributed by atoms with Gasteiger partial charge in [0.1, 0.15) is 12.0 Å². The van der Waals surface area contributed by atoms with Gasteiger partial charge >= 0.3 is 0 Å². The number of benzene rings is 2. The van der Waals surface area contributed by atoms with E-state index in [2.05, 4.69) is 69.0 Å². The number of piperazine rings is 1. The van der Waals surface area contributed by atoms with Crippen LogP contribution in [0.15, 0.2) is 66.0 Å². The minimum absolute atomic E-state index is 0.0749. The lowest BCUT2D eigenvalue weighted by molar-refractivity contribution is -0.121. The molecule has 0 radical (unpaired) electrons. The summed E-state index contributed by atoms with van der Waals surface area (Å²) >= 11 is 0. The SMILES string of the molecule is O=C1CCC2=C(N1)N[C@@H](OCCCCN1CCN(c3cccc4ccccc34)CC1)C=C2. The molecule has 2 aromatic carbocycles. The normalized spacial score (nSPS) is 21.4. The quantitative estimate of drug-likeness (QED) is 0.657. The molecule has 6 heteroatoms. The van der Waals surface area contributed by atoms with Crippen LogP contribution in [0.3, 0.4) is 0 Å². The smallest absolute Gasteiger partial charge is 0.225 e. The van der Waals surface area contributed by atoms with Crippen LogP contribution in [-0.2, 0) is 9.53 Å². The van der Waals surface area contributed by atoms with Gasteiger partial charge in [-0.2, -0.15) is 0 Å². The van der Waals surface area contributed by atoms with Gasteiger partial charge in [-0.3, -0.25) is 9.69 Å². The van der Waals surface area contributed by atoms with Gasteiger partial charge in [-0.15, -0.1) is 0 Å². The van der Waals surface area contributed by atoms with Gasteiger partial charge in [0, 0.05) is 50.3 Å². The lowest BCUT2D eigenvalue weighted by Crippen LogP contribution is -2.46. The van der Waals surface area contributed by atoms with Crippen LogP contribution in [0.4, 0.5) is 5.69 Å². The van der Waals surface area contributed by atoms with Crippen LogP contribution in [0, 0.1) is 0 Å². The van der Waals surface area contributed by atoms with Gasteiger partial charge in [0.25, 0.3) is 0 Å². The third-order valence-electron chi connectivity index (χ3n) is 6.61. The number of hydrogen-bond acceptors (Lipinski definition) is 5.